The maximum atomic E-state index is 6.10. The molecule has 15 heterocycles. The molecule has 0 saturated heterocycles. The van der Waals surface area contributed by atoms with E-state index in [1.165, 1.54) is 145 Å². The van der Waals surface area contributed by atoms with Crippen LogP contribution in [-0.4, -0.2) is 19.9 Å². The van der Waals surface area contributed by atoms with Gasteiger partial charge in [0.15, 0.2) is 0 Å². The molecule has 2 aliphatic rings. The molecule has 8 bridgehead atoms. The van der Waals surface area contributed by atoms with Crippen LogP contribution in [-0.2, 0) is 12.8 Å². The zero-order valence-electron chi connectivity index (χ0n) is 54.3. The molecule has 14 heteroatoms. The minimum absolute atomic E-state index is 0.947. The molecule has 0 spiro atoms. The first kappa shape index (κ1) is 63.6. The van der Waals surface area contributed by atoms with E-state index in [-0.39, 0.29) is 0 Å². The Morgan fingerprint density at radius 2 is 0.660 bits per heavy atom. The van der Waals surface area contributed by atoms with E-state index < -0.39 is 0 Å². The summed E-state index contributed by atoms with van der Waals surface area (Å²) in [6.45, 7) is 18.9. The number of hydrogen-bond donors (Lipinski definition) is 2. The third-order valence-electron chi connectivity index (χ3n) is 18.6. The molecule has 2 N–H and O–H groups in total. The fourth-order valence-corrected chi connectivity index (χ4v) is 23.7. The maximum Gasteiger partial charge on any atom is 0.0769 e. The highest BCUT2D eigenvalue weighted by atomic mass is 32.1. The number of thiophene rings is 10. The molecule has 474 valence electrons. The lowest BCUT2D eigenvalue weighted by Gasteiger charge is -2.09. The topological polar surface area (TPSA) is 57.4 Å². The van der Waals surface area contributed by atoms with Crippen LogP contribution in [0.25, 0.3) is 145 Å². The van der Waals surface area contributed by atoms with Gasteiger partial charge in [-0.1, -0.05) is 77.6 Å². The maximum absolute atomic E-state index is 6.10. The van der Waals surface area contributed by atoms with Gasteiger partial charge in [0.2, 0.25) is 0 Å². The summed E-state index contributed by atoms with van der Waals surface area (Å²) < 4.78 is 0. The van der Waals surface area contributed by atoms with Crippen molar-refractivity contribution < 1.29 is 0 Å². The van der Waals surface area contributed by atoms with Gasteiger partial charge in [0, 0.05) is 102 Å². The van der Waals surface area contributed by atoms with Crippen LogP contribution in [0, 0.1) is 13.8 Å². The van der Waals surface area contributed by atoms with Gasteiger partial charge in [0.05, 0.1) is 43.6 Å². The van der Waals surface area contributed by atoms with Gasteiger partial charge >= 0.3 is 0 Å². The van der Waals surface area contributed by atoms with Gasteiger partial charge in [0.1, 0.15) is 0 Å². The molecule has 0 unspecified atom stereocenters. The van der Waals surface area contributed by atoms with Crippen molar-refractivity contribution in [3.05, 3.63) is 188 Å². The van der Waals surface area contributed by atoms with E-state index in [1.54, 1.807) is 0 Å². The molecule has 0 radical (unpaired) electrons. The van der Waals surface area contributed by atoms with Crippen molar-refractivity contribution in [2.24, 2.45) is 0 Å². The quantitative estimate of drug-likeness (QED) is 0.0710. The molecular formula is C80H74N4S10. The van der Waals surface area contributed by atoms with E-state index in [9.17, 15) is 0 Å². The number of allylic oxidation sites excluding steroid dienone is 4. The predicted octanol–water partition coefficient (Wildman–Crippen LogP) is 29.1. The number of H-pyrrole nitrogens is 2. The first-order valence-corrected chi connectivity index (χ1v) is 41.5. The number of unbranched alkanes of at least 4 members (excludes halogenated alkanes) is 4. The zero-order valence-corrected chi connectivity index (χ0v) is 62.5. The average molecular weight is 1410 g/mol. The van der Waals surface area contributed by atoms with E-state index in [2.05, 4.69) is 208 Å². The van der Waals surface area contributed by atoms with Gasteiger partial charge in [-0.15, -0.1) is 113 Å². The second-order valence-electron chi connectivity index (χ2n) is 24.7. The van der Waals surface area contributed by atoms with Crippen LogP contribution < -0.4 is 0 Å². The highest BCUT2D eigenvalue weighted by molar-refractivity contribution is 7.31. The van der Waals surface area contributed by atoms with Crippen LogP contribution in [0.4, 0.5) is 0 Å². The summed E-state index contributed by atoms with van der Waals surface area (Å²) in [6.07, 6.45) is 12.5. The van der Waals surface area contributed by atoms with Crippen LogP contribution in [0.5, 0.6) is 0 Å². The Balaban J connectivity index is 1.01. The van der Waals surface area contributed by atoms with Crippen LogP contribution in [0.3, 0.4) is 0 Å². The summed E-state index contributed by atoms with van der Waals surface area (Å²) in [4.78, 5) is 41.6. The third-order valence-corrected chi connectivity index (χ3v) is 30.2. The van der Waals surface area contributed by atoms with Crippen molar-refractivity contribution in [1.82, 2.24) is 19.9 Å². The summed E-state index contributed by atoms with van der Waals surface area (Å²) in [6, 6.07) is 46.4. The van der Waals surface area contributed by atoms with E-state index in [0.29, 0.717) is 0 Å². The predicted molar refractivity (Wildman–Crippen MR) is 425 cm³/mol. The highest BCUT2D eigenvalue weighted by Crippen LogP contribution is 2.55. The van der Waals surface area contributed by atoms with Gasteiger partial charge < -0.3 is 9.97 Å². The molecule has 0 fully saturated rings. The Hall–Kier alpha value is -6.40. The lowest BCUT2D eigenvalue weighted by molar-refractivity contribution is 0.796. The minimum atomic E-state index is 0.947. The monoisotopic (exact) mass is 1410 g/mol. The number of nitrogens with one attached hydrogen (secondary N) is 2. The van der Waals surface area contributed by atoms with Crippen molar-refractivity contribution in [3.8, 4) is 100 Å². The fourth-order valence-electron chi connectivity index (χ4n) is 13.5. The fraction of sp³-hybridized carbons (Fsp3) is 0.250. The first-order chi connectivity index (χ1) is 46.1. The zero-order chi connectivity index (χ0) is 64.1. The molecule has 0 saturated carbocycles. The summed E-state index contributed by atoms with van der Waals surface area (Å²) in [5.41, 5.74) is 24.3. The largest absolute Gasteiger partial charge is 0.354 e. The molecule has 15 rings (SSSR count). The molecule has 4 nitrogen and oxygen atoms in total. The molecule has 0 atom stereocenters. The summed E-state index contributed by atoms with van der Waals surface area (Å²) >= 11 is 18.8. The van der Waals surface area contributed by atoms with Crippen LogP contribution >= 0.6 is 113 Å². The number of rotatable bonds is 22. The Morgan fingerprint density at radius 1 is 0.340 bits per heavy atom. The molecule has 0 aromatic carbocycles. The number of aromatic nitrogens is 4. The van der Waals surface area contributed by atoms with Crippen molar-refractivity contribution >= 4 is 158 Å². The summed E-state index contributed by atoms with van der Waals surface area (Å²) in [7, 11) is 0. The summed E-state index contributed by atoms with van der Waals surface area (Å²) in [5, 5.41) is 8.83. The van der Waals surface area contributed by atoms with Crippen LogP contribution in [0.2, 0.25) is 0 Å². The smallest absolute Gasteiger partial charge is 0.0769 e. The Labute approximate surface area is 592 Å². The van der Waals surface area contributed by atoms with Crippen molar-refractivity contribution in [2.75, 3.05) is 0 Å². The number of aryl methyl sites for hydroxylation is 4. The van der Waals surface area contributed by atoms with Crippen molar-refractivity contribution in [2.45, 2.75) is 132 Å². The van der Waals surface area contributed by atoms with Crippen LogP contribution in [0.15, 0.2) is 143 Å². The number of fused-ring (bicyclic) bond motifs is 8. The van der Waals surface area contributed by atoms with Crippen LogP contribution in [0.1, 0.15) is 151 Å². The van der Waals surface area contributed by atoms with Crippen molar-refractivity contribution in [1.29, 1.82) is 0 Å². The molecule has 0 aliphatic carbocycles. The SMILES string of the molecule is CCCCC1=C(C)c2nc1cc1[nH]c(c(C)c1CCCC)c(-c1cc(-c3ccc(-c4ccc(-c5cccs5)s4)s3)sc1-c1cccs1)c1nc(cc3[nH]c(c(C)c3CCCC)c2-c2cc(-c3ccc(-c4ccc(-c5cccs5)s4)s3)sc2-c2cccs2)C(CCCC)=C1C. The van der Waals surface area contributed by atoms with Crippen molar-refractivity contribution in [3.63, 3.8) is 0 Å². The molecule has 2 aliphatic heterocycles. The molecule has 13 aromatic heterocycles. The van der Waals surface area contributed by atoms with E-state index >= 15 is 0 Å². The first-order valence-electron chi connectivity index (χ1n) is 33.1. The Morgan fingerprint density at radius 3 is 0.989 bits per heavy atom. The number of aromatic amines is 2. The lowest BCUT2D eigenvalue weighted by atomic mass is 9.93. The Kier molecular flexibility index (Phi) is 18.7. The Bertz CT molecular complexity index is 4800. The minimum Gasteiger partial charge on any atom is -0.354 e. The lowest BCUT2D eigenvalue weighted by Crippen LogP contribution is -1.90. The van der Waals surface area contributed by atoms with Gasteiger partial charge in [-0.2, -0.15) is 0 Å². The molecule has 13 aromatic rings. The van der Waals surface area contributed by atoms with Gasteiger partial charge in [-0.3, -0.25) is 0 Å². The van der Waals surface area contributed by atoms with Gasteiger partial charge in [-0.05, 0) is 242 Å². The normalized spacial score (nSPS) is 12.7. The van der Waals surface area contributed by atoms with Gasteiger partial charge in [-0.25, -0.2) is 9.97 Å². The van der Waals surface area contributed by atoms with E-state index in [0.717, 1.165) is 122 Å². The molecular weight excluding hydrogens is 1340 g/mol. The summed E-state index contributed by atoms with van der Waals surface area (Å²) in [5.74, 6) is 0. The van der Waals surface area contributed by atoms with E-state index in [1.807, 2.05) is 113 Å². The average Bonchev–Trinajstić information content (AvgIpc) is 1.59. The second-order valence-corrected chi connectivity index (χ2v) is 34.9. The molecule has 94 heavy (non-hydrogen) atoms. The number of nitrogens with zero attached hydrogens (tertiary/aromatic N) is 2. The van der Waals surface area contributed by atoms with E-state index in [4.69, 9.17) is 9.97 Å². The number of hydrogen-bond acceptors (Lipinski definition) is 12. The second kappa shape index (κ2) is 27.6. The molecule has 0 amide bonds. The van der Waals surface area contributed by atoms with Gasteiger partial charge in [0.25, 0.3) is 0 Å². The third kappa shape index (κ3) is 12.0. The standard InChI is InChI=1S/C80H74N4S10/c1-9-13-21-49-45(5)75-73(53-41-71(93-79(53)69-27-19-39-87-69)67-35-33-65(91-67)63-31-29-61(89-63)59-25-17-37-85-59)76-47(7)51(23-15-11-3)57(83-76)44-58-52(24-16-12-4)48(8)78(84-58)74(77-46(6)50(22-14-10-2)56(82-77)43-55(49)81-75)54-42-72(94-80(54)70-28-20-40-88-70)68-36-34-66(92-68)64-32-30-62(90-64)60-26-18-38-86-60/h17-20,25-44,81,84H,9-16,21-24H2,1-8H3. The highest BCUT2D eigenvalue weighted by Gasteiger charge is 2.31.